The number of halogens is 1. The highest BCUT2D eigenvalue weighted by Gasteiger charge is 2.24. The highest BCUT2D eigenvalue weighted by molar-refractivity contribution is 7.93. The largest absolute Gasteiger partial charge is 0.283 e. The van der Waals surface area contributed by atoms with Gasteiger partial charge in [-0.1, -0.05) is 17.7 Å². The molecule has 0 saturated carbocycles. The zero-order chi connectivity index (χ0) is 19.0. The molecule has 2 aromatic carbocycles. The van der Waals surface area contributed by atoms with E-state index in [1.54, 1.807) is 51.1 Å². The molecule has 0 fully saturated rings. The third-order valence-corrected chi connectivity index (χ3v) is 6.05. The van der Waals surface area contributed by atoms with Gasteiger partial charge in [0.25, 0.3) is 10.0 Å². The van der Waals surface area contributed by atoms with Crippen molar-refractivity contribution in [1.82, 2.24) is 0 Å². The van der Waals surface area contributed by atoms with Crippen molar-refractivity contribution in [3.63, 3.8) is 0 Å². The van der Waals surface area contributed by atoms with Gasteiger partial charge in [0.1, 0.15) is 0 Å². The van der Waals surface area contributed by atoms with Gasteiger partial charge >= 0.3 is 0 Å². The maximum Gasteiger partial charge on any atom is 0.262 e. The molecule has 136 valence electrons. The van der Waals surface area contributed by atoms with Crippen molar-refractivity contribution in [1.29, 1.82) is 0 Å². The molecule has 0 aliphatic carbocycles. The van der Waals surface area contributed by atoms with Crippen LogP contribution in [0.4, 0.5) is 11.4 Å². The van der Waals surface area contributed by atoms with Crippen LogP contribution in [0.5, 0.6) is 0 Å². The van der Waals surface area contributed by atoms with E-state index in [-0.39, 0.29) is 10.6 Å². The Bertz CT molecular complexity index is 1020. The quantitative estimate of drug-likeness (QED) is 0.801. The van der Waals surface area contributed by atoms with Crippen molar-refractivity contribution < 1.29 is 16.8 Å². The van der Waals surface area contributed by atoms with Crippen molar-refractivity contribution in [2.75, 3.05) is 15.7 Å². The number of benzene rings is 2. The van der Waals surface area contributed by atoms with Gasteiger partial charge in [-0.2, -0.15) is 0 Å². The molecule has 0 aliphatic heterocycles. The molecule has 0 bridgehead atoms. The molecular formula is C16H19ClN2O4S2. The fourth-order valence-electron chi connectivity index (χ4n) is 2.65. The van der Waals surface area contributed by atoms with Crippen LogP contribution in [0.15, 0.2) is 35.2 Å². The van der Waals surface area contributed by atoms with E-state index in [1.165, 1.54) is 0 Å². The normalized spacial score (nSPS) is 12.0. The number of hydrogen-bond donors (Lipinski definition) is 2. The minimum absolute atomic E-state index is 0.0409. The Morgan fingerprint density at radius 1 is 0.880 bits per heavy atom. The number of nitrogens with one attached hydrogen (secondary N) is 2. The molecule has 0 aliphatic rings. The van der Waals surface area contributed by atoms with Gasteiger partial charge in [0.05, 0.1) is 16.8 Å². The summed E-state index contributed by atoms with van der Waals surface area (Å²) < 4.78 is 53.7. The summed E-state index contributed by atoms with van der Waals surface area (Å²) in [4.78, 5) is 0.0409. The summed E-state index contributed by atoms with van der Waals surface area (Å²) in [6.07, 6.45) is 1.02. The zero-order valence-electron chi connectivity index (χ0n) is 14.2. The molecule has 9 heteroatoms. The van der Waals surface area contributed by atoms with Gasteiger partial charge in [0, 0.05) is 10.7 Å². The van der Waals surface area contributed by atoms with Gasteiger partial charge in [-0.3, -0.25) is 9.44 Å². The van der Waals surface area contributed by atoms with Crippen LogP contribution in [0.1, 0.15) is 16.7 Å². The van der Waals surface area contributed by atoms with Crippen LogP contribution in [-0.2, 0) is 20.0 Å². The maximum atomic E-state index is 12.8. The first-order valence-electron chi connectivity index (χ1n) is 7.27. The monoisotopic (exact) mass is 402 g/mol. The molecule has 0 spiro atoms. The Labute approximate surface area is 153 Å². The van der Waals surface area contributed by atoms with E-state index in [0.717, 1.165) is 6.26 Å². The number of aryl methyl sites for hydroxylation is 2. The molecule has 25 heavy (non-hydrogen) atoms. The highest BCUT2D eigenvalue weighted by Crippen LogP contribution is 2.32. The van der Waals surface area contributed by atoms with Crippen LogP contribution < -0.4 is 9.44 Å². The third kappa shape index (κ3) is 4.65. The standard InChI is InChI=1S/C16H19ClN2O4S2/c1-10-9-11(2)16(12(3)15(10)19-24(4,20)21)25(22,23)18-14-7-5-13(17)6-8-14/h5-9,18-19H,1-4H3. The maximum absolute atomic E-state index is 12.8. The number of sulfonamides is 2. The molecule has 2 rings (SSSR count). The molecule has 0 amide bonds. The van der Waals surface area contributed by atoms with Crippen molar-refractivity contribution in [2.45, 2.75) is 25.7 Å². The number of hydrogen-bond acceptors (Lipinski definition) is 4. The van der Waals surface area contributed by atoms with Crippen molar-refractivity contribution in [2.24, 2.45) is 0 Å². The van der Waals surface area contributed by atoms with E-state index >= 15 is 0 Å². The van der Waals surface area contributed by atoms with E-state index in [9.17, 15) is 16.8 Å². The molecule has 0 heterocycles. The van der Waals surface area contributed by atoms with Gasteiger partial charge in [-0.05, 0) is 61.7 Å². The van der Waals surface area contributed by atoms with E-state index < -0.39 is 20.0 Å². The molecule has 2 N–H and O–H groups in total. The second-order valence-corrected chi connectivity index (χ2v) is 9.63. The van der Waals surface area contributed by atoms with Crippen LogP contribution in [0.2, 0.25) is 5.02 Å². The number of anilines is 2. The summed E-state index contributed by atoms with van der Waals surface area (Å²) in [6.45, 7) is 4.96. The summed E-state index contributed by atoms with van der Waals surface area (Å²) in [7, 11) is -7.45. The van der Waals surface area contributed by atoms with Crippen LogP contribution in [-0.4, -0.2) is 23.1 Å². The van der Waals surface area contributed by atoms with Gasteiger partial charge in [-0.25, -0.2) is 16.8 Å². The fourth-order valence-corrected chi connectivity index (χ4v) is 4.99. The van der Waals surface area contributed by atoms with E-state index in [0.29, 0.717) is 27.4 Å². The first kappa shape index (κ1) is 19.6. The molecule has 0 aromatic heterocycles. The predicted octanol–water partition coefficient (Wildman–Crippen LogP) is 3.44. The lowest BCUT2D eigenvalue weighted by molar-refractivity contribution is 0.599. The minimum Gasteiger partial charge on any atom is -0.283 e. The average Bonchev–Trinajstić information content (AvgIpc) is 2.44. The summed E-state index contributed by atoms with van der Waals surface area (Å²) in [5.41, 5.74) is 2.14. The smallest absolute Gasteiger partial charge is 0.262 e. The third-order valence-electron chi connectivity index (χ3n) is 3.55. The summed E-state index contributed by atoms with van der Waals surface area (Å²) >= 11 is 5.81. The average molecular weight is 403 g/mol. The summed E-state index contributed by atoms with van der Waals surface area (Å²) in [6, 6.07) is 7.88. The summed E-state index contributed by atoms with van der Waals surface area (Å²) in [5.74, 6) is 0. The van der Waals surface area contributed by atoms with Crippen LogP contribution in [0.25, 0.3) is 0 Å². The SMILES string of the molecule is Cc1cc(C)c(S(=O)(=O)Nc2ccc(Cl)cc2)c(C)c1NS(C)(=O)=O. The van der Waals surface area contributed by atoms with Gasteiger partial charge in [0.2, 0.25) is 10.0 Å². The Kier molecular flexibility index (Phi) is 5.36. The van der Waals surface area contributed by atoms with Gasteiger partial charge in [-0.15, -0.1) is 0 Å². The lowest BCUT2D eigenvalue weighted by atomic mass is 10.1. The van der Waals surface area contributed by atoms with Gasteiger partial charge in [0.15, 0.2) is 0 Å². The second-order valence-electron chi connectivity index (χ2n) is 5.83. The Morgan fingerprint density at radius 2 is 1.44 bits per heavy atom. The van der Waals surface area contributed by atoms with Crippen LogP contribution in [0, 0.1) is 20.8 Å². The Balaban J connectivity index is 2.57. The first-order chi connectivity index (χ1) is 11.4. The molecule has 2 aromatic rings. The molecule has 6 nitrogen and oxygen atoms in total. The highest BCUT2D eigenvalue weighted by atomic mass is 35.5. The van der Waals surface area contributed by atoms with E-state index in [4.69, 9.17) is 11.6 Å². The zero-order valence-corrected chi connectivity index (χ0v) is 16.6. The van der Waals surface area contributed by atoms with Gasteiger partial charge < -0.3 is 0 Å². The molecule has 0 radical (unpaired) electrons. The van der Waals surface area contributed by atoms with Crippen LogP contribution in [0.3, 0.4) is 0 Å². The van der Waals surface area contributed by atoms with E-state index in [2.05, 4.69) is 9.44 Å². The summed E-state index contributed by atoms with van der Waals surface area (Å²) in [5, 5.41) is 0.491. The molecule has 0 saturated heterocycles. The second kappa shape index (κ2) is 6.86. The lowest BCUT2D eigenvalue weighted by Gasteiger charge is -2.18. The lowest BCUT2D eigenvalue weighted by Crippen LogP contribution is -2.19. The Hall–Kier alpha value is -1.77. The number of rotatable bonds is 5. The van der Waals surface area contributed by atoms with Crippen LogP contribution >= 0.6 is 11.6 Å². The molecule has 0 atom stereocenters. The Morgan fingerprint density at radius 3 is 1.96 bits per heavy atom. The molecular weight excluding hydrogens is 384 g/mol. The van der Waals surface area contributed by atoms with E-state index in [1.807, 2.05) is 0 Å². The molecule has 0 unspecified atom stereocenters. The fraction of sp³-hybridized carbons (Fsp3) is 0.250. The van der Waals surface area contributed by atoms with Crippen molar-refractivity contribution in [3.8, 4) is 0 Å². The topological polar surface area (TPSA) is 92.3 Å². The van der Waals surface area contributed by atoms with Crippen molar-refractivity contribution >= 4 is 43.0 Å². The minimum atomic E-state index is -3.91. The van der Waals surface area contributed by atoms with Crippen molar-refractivity contribution in [3.05, 3.63) is 52.0 Å². The predicted molar refractivity (Wildman–Crippen MR) is 101 cm³/mol. The first-order valence-corrected chi connectivity index (χ1v) is 11.0.